The summed E-state index contributed by atoms with van der Waals surface area (Å²) in [5, 5.41) is 18.6. The van der Waals surface area contributed by atoms with Gasteiger partial charge in [-0.2, -0.15) is 5.26 Å². The molecule has 0 aromatic heterocycles. The topological polar surface area (TPSA) is 53.2 Å². The molecule has 0 amide bonds. The largest absolute Gasteiger partial charge is 0.488 e. The van der Waals surface area contributed by atoms with Crippen LogP contribution in [0.4, 0.5) is 4.39 Å². The molecule has 2 aromatic rings. The third kappa shape index (κ3) is 3.59. The van der Waals surface area contributed by atoms with Gasteiger partial charge in [0.1, 0.15) is 18.2 Å². The Bertz CT molecular complexity index is 690. The van der Waals surface area contributed by atoms with Crippen LogP contribution in [-0.4, -0.2) is 5.11 Å². The molecule has 1 unspecified atom stereocenters. The van der Waals surface area contributed by atoms with Crippen molar-refractivity contribution in [3.8, 4) is 11.8 Å². The predicted octanol–water partition coefficient (Wildman–Crippen LogP) is 3.64. The molecule has 0 heterocycles. The average molecular weight is 285 g/mol. The molecule has 0 radical (unpaired) electrons. The zero-order chi connectivity index (χ0) is 15.4. The molecule has 108 valence electrons. The van der Waals surface area contributed by atoms with E-state index < -0.39 is 11.9 Å². The second-order valence-corrected chi connectivity index (χ2v) is 4.92. The monoisotopic (exact) mass is 285 g/mol. The van der Waals surface area contributed by atoms with Crippen LogP contribution in [0.15, 0.2) is 36.4 Å². The summed E-state index contributed by atoms with van der Waals surface area (Å²) in [6, 6.07) is 11.6. The Hall–Kier alpha value is -2.38. The lowest BCUT2D eigenvalue weighted by Crippen LogP contribution is -2.03. The van der Waals surface area contributed by atoms with E-state index >= 15 is 0 Å². The van der Waals surface area contributed by atoms with E-state index in [0.717, 1.165) is 5.56 Å². The highest BCUT2D eigenvalue weighted by molar-refractivity contribution is 5.39. The number of nitriles is 1. The predicted molar refractivity (Wildman–Crippen MR) is 77.3 cm³/mol. The van der Waals surface area contributed by atoms with Crippen molar-refractivity contribution in [3.05, 3.63) is 64.5 Å². The molecule has 0 spiro atoms. The van der Waals surface area contributed by atoms with Gasteiger partial charge < -0.3 is 9.84 Å². The first kappa shape index (κ1) is 15.0. The van der Waals surface area contributed by atoms with Crippen molar-refractivity contribution >= 4 is 0 Å². The van der Waals surface area contributed by atoms with Crippen molar-refractivity contribution in [2.45, 2.75) is 26.6 Å². The van der Waals surface area contributed by atoms with E-state index in [1.165, 1.54) is 18.2 Å². The van der Waals surface area contributed by atoms with Gasteiger partial charge in [0, 0.05) is 11.1 Å². The number of benzene rings is 2. The minimum atomic E-state index is -0.670. The molecule has 1 atom stereocenters. The maximum Gasteiger partial charge on any atom is 0.129 e. The van der Waals surface area contributed by atoms with Crippen molar-refractivity contribution in [2.24, 2.45) is 0 Å². The van der Waals surface area contributed by atoms with Crippen LogP contribution in [0.3, 0.4) is 0 Å². The maximum atomic E-state index is 13.7. The van der Waals surface area contributed by atoms with Crippen LogP contribution in [0.1, 0.15) is 35.3 Å². The molecule has 0 fully saturated rings. The first-order valence-electron chi connectivity index (χ1n) is 6.61. The number of aliphatic hydroxyl groups excluding tert-OH is 1. The SMILES string of the molecule is Cc1ccc(C(C)O)c(OCc2cc(C#N)ccc2F)c1. The van der Waals surface area contributed by atoms with Crippen molar-refractivity contribution in [1.82, 2.24) is 0 Å². The lowest BCUT2D eigenvalue weighted by Gasteiger charge is -2.14. The van der Waals surface area contributed by atoms with E-state index in [0.29, 0.717) is 22.4 Å². The molecule has 1 N–H and O–H groups in total. The van der Waals surface area contributed by atoms with Gasteiger partial charge >= 0.3 is 0 Å². The Morgan fingerprint density at radius 2 is 2.05 bits per heavy atom. The van der Waals surface area contributed by atoms with Gasteiger partial charge in [-0.25, -0.2) is 4.39 Å². The van der Waals surface area contributed by atoms with Gasteiger partial charge in [0.05, 0.1) is 17.7 Å². The summed E-state index contributed by atoms with van der Waals surface area (Å²) in [5.74, 6) is 0.104. The van der Waals surface area contributed by atoms with Crippen molar-refractivity contribution in [2.75, 3.05) is 0 Å². The van der Waals surface area contributed by atoms with Gasteiger partial charge in [0.25, 0.3) is 0 Å². The standard InChI is InChI=1S/C17H16FNO2/c1-11-3-5-15(12(2)20)17(7-11)21-10-14-8-13(9-19)4-6-16(14)18/h3-8,12,20H,10H2,1-2H3. The first-order chi connectivity index (χ1) is 10.0. The summed E-state index contributed by atoms with van der Waals surface area (Å²) < 4.78 is 19.3. The van der Waals surface area contributed by atoms with Crippen molar-refractivity contribution in [1.29, 1.82) is 5.26 Å². The molecule has 0 aliphatic carbocycles. The Labute approximate surface area is 123 Å². The second-order valence-electron chi connectivity index (χ2n) is 4.92. The zero-order valence-corrected chi connectivity index (χ0v) is 11.9. The maximum absolute atomic E-state index is 13.7. The van der Waals surface area contributed by atoms with E-state index in [1.54, 1.807) is 19.1 Å². The molecule has 0 aliphatic rings. The third-order valence-corrected chi connectivity index (χ3v) is 3.18. The third-order valence-electron chi connectivity index (χ3n) is 3.18. The number of ether oxygens (including phenoxy) is 1. The Morgan fingerprint density at radius 1 is 1.29 bits per heavy atom. The lowest BCUT2D eigenvalue weighted by molar-refractivity contribution is 0.190. The second kappa shape index (κ2) is 6.38. The number of hydrogen-bond acceptors (Lipinski definition) is 3. The summed E-state index contributed by atoms with van der Waals surface area (Å²) >= 11 is 0. The molecule has 0 aliphatic heterocycles. The molecular weight excluding hydrogens is 269 g/mol. The van der Waals surface area contributed by atoms with Crippen LogP contribution in [0.5, 0.6) is 5.75 Å². The fraction of sp³-hybridized carbons (Fsp3) is 0.235. The molecule has 2 rings (SSSR count). The van der Waals surface area contributed by atoms with Gasteiger partial charge in [-0.3, -0.25) is 0 Å². The van der Waals surface area contributed by atoms with E-state index in [9.17, 15) is 9.50 Å². The Balaban J connectivity index is 2.24. The quantitative estimate of drug-likeness (QED) is 0.933. The van der Waals surface area contributed by atoms with E-state index in [4.69, 9.17) is 10.00 Å². The zero-order valence-electron chi connectivity index (χ0n) is 11.9. The minimum absolute atomic E-state index is 0.00449. The van der Waals surface area contributed by atoms with Crippen LogP contribution >= 0.6 is 0 Å². The number of nitrogens with zero attached hydrogens (tertiary/aromatic N) is 1. The fourth-order valence-corrected chi connectivity index (χ4v) is 2.02. The molecule has 0 saturated heterocycles. The Morgan fingerprint density at radius 3 is 2.71 bits per heavy atom. The van der Waals surface area contributed by atoms with E-state index in [2.05, 4.69) is 0 Å². The lowest BCUT2D eigenvalue weighted by atomic mass is 10.1. The molecular formula is C17H16FNO2. The van der Waals surface area contributed by atoms with Crippen LogP contribution in [-0.2, 0) is 6.61 Å². The molecule has 2 aromatic carbocycles. The van der Waals surface area contributed by atoms with Crippen LogP contribution in [0.2, 0.25) is 0 Å². The summed E-state index contributed by atoms with van der Waals surface area (Å²) in [6.45, 7) is 3.56. The molecule has 21 heavy (non-hydrogen) atoms. The smallest absolute Gasteiger partial charge is 0.129 e. The average Bonchev–Trinajstić information content (AvgIpc) is 2.46. The van der Waals surface area contributed by atoms with Gasteiger partial charge in [0.15, 0.2) is 0 Å². The van der Waals surface area contributed by atoms with Crippen LogP contribution in [0.25, 0.3) is 0 Å². The highest BCUT2D eigenvalue weighted by Gasteiger charge is 2.11. The summed E-state index contributed by atoms with van der Waals surface area (Å²) in [7, 11) is 0. The van der Waals surface area contributed by atoms with Crippen LogP contribution < -0.4 is 4.74 Å². The Kier molecular flexibility index (Phi) is 4.56. The first-order valence-corrected chi connectivity index (χ1v) is 6.61. The van der Waals surface area contributed by atoms with Gasteiger partial charge in [-0.05, 0) is 43.7 Å². The molecule has 0 bridgehead atoms. The van der Waals surface area contributed by atoms with Crippen LogP contribution in [0, 0.1) is 24.1 Å². The number of hydrogen-bond donors (Lipinski definition) is 1. The summed E-state index contributed by atoms with van der Waals surface area (Å²) in [5.41, 5.74) is 2.33. The summed E-state index contributed by atoms with van der Waals surface area (Å²) in [4.78, 5) is 0. The fourth-order valence-electron chi connectivity index (χ4n) is 2.02. The normalized spacial score (nSPS) is 11.8. The van der Waals surface area contributed by atoms with Crippen molar-refractivity contribution < 1.29 is 14.2 Å². The number of aryl methyl sites for hydroxylation is 1. The van der Waals surface area contributed by atoms with Crippen molar-refractivity contribution in [3.63, 3.8) is 0 Å². The van der Waals surface area contributed by atoms with E-state index in [-0.39, 0.29) is 6.61 Å². The number of rotatable bonds is 4. The van der Waals surface area contributed by atoms with E-state index in [1.807, 2.05) is 19.1 Å². The molecule has 0 saturated carbocycles. The summed E-state index contributed by atoms with van der Waals surface area (Å²) in [6.07, 6.45) is -0.670. The number of halogens is 1. The van der Waals surface area contributed by atoms with Gasteiger partial charge in [-0.15, -0.1) is 0 Å². The molecule has 4 heteroatoms. The minimum Gasteiger partial charge on any atom is -0.488 e. The highest BCUT2D eigenvalue weighted by atomic mass is 19.1. The van der Waals surface area contributed by atoms with Gasteiger partial charge in [-0.1, -0.05) is 12.1 Å². The highest BCUT2D eigenvalue weighted by Crippen LogP contribution is 2.27. The van der Waals surface area contributed by atoms with Gasteiger partial charge in [0.2, 0.25) is 0 Å². The molecule has 3 nitrogen and oxygen atoms in total. The number of aliphatic hydroxyl groups is 1.